The molecule has 0 radical (unpaired) electrons. The lowest BCUT2D eigenvalue weighted by molar-refractivity contribution is -0.137. The van der Waals surface area contributed by atoms with Crippen molar-refractivity contribution in [2.45, 2.75) is 83.3 Å². The van der Waals surface area contributed by atoms with Crippen LogP contribution in [0.3, 0.4) is 0 Å². The maximum Gasteiger partial charge on any atom is 0.303 e. The first-order chi connectivity index (χ1) is 11.7. The predicted molar refractivity (Wildman–Crippen MR) is 95.1 cm³/mol. The minimum Gasteiger partial charge on any atom is -0.481 e. The molecule has 1 N–H and O–H groups in total. The fraction of sp³-hybridized carbons (Fsp3) is 0.850. The summed E-state index contributed by atoms with van der Waals surface area (Å²) in [6.07, 6.45) is 15.4. The highest BCUT2D eigenvalue weighted by Gasteiger charge is 2.48. The number of ether oxygens (including phenoxy) is 2. The summed E-state index contributed by atoms with van der Waals surface area (Å²) < 4.78 is 12.1. The minimum atomic E-state index is -0.707. The first kappa shape index (κ1) is 19.5. The predicted octanol–water partition coefficient (Wildman–Crippen LogP) is 4.58. The molecule has 2 heterocycles. The molecule has 0 aliphatic carbocycles. The summed E-state index contributed by atoms with van der Waals surface area (Å²) in [6.45, 7) is 3.95. The summed E-state index contributed by atoms with van der Waals surface area (Å²) in [5.74, 6) is 0.412. The van der Waals surface area contributed by atoms with Crippen molar-refractivity contribution in [2.24, 2.45) is 11.8 Å². The number of carboxylic acids is 1. The lowest BCUT2D eigenvalue weighted by Gasteiger charge is -2.27. The van der Waals surface area contributed by atoms with Crippen LogP contribution in [0.2, 0.25) is 0 Å². The van der Waals surface area contributed by atoms with Crippen LogP contribution in [0.15, 0.2) is 12.2 Å². The third-order valence-electron chi connectivity index (χ3n) is 5.38. The third kappa shape index (κ3) is 6.21. The van der Waals surface area contributed by atoms with Gasteiger partial charge in [-0.1, -0.05) is 38.3 Å². The number of carboxylic acid groups (broad SMARTS) is 1. The van der Waals surface area contributed by atoms with E-state index in [1.807, 2.05) is 0 Å². The van der Waals surface area contributed by atoms with Gasteiger partial charge < -0.3 is 14.6 Å². The first-order valence-electron chi connectivity index (χ1n) is 9.82. The van der Waals surface area contributed by atoms with Gasteiger partial charge in [-0.15, -0.1) is 0 Å². The van der Waals surface area contributed by atoms with Crippen molar-refractivity contribution in [3.63, 3.8) is 0 Å². The molecular formula is C20H34O4. The molecule has 2 aliphatic heterocycles. The molecule has 2 aliphatic rings. The van der Waals surface area contributed by atoms with E-state index in [4.69, 9.17) is 14.6 Å². The second kappa shape index (κ2) is 10.9. The molecule has 2 fully saturated rings. The SMILES string of the molecule is CCCCCCOC[C@@H]1[C@@H](C/C=C\CCCC(=O)O)[C@@H]2CC[C@H]1O2. The van der Waals surface area contributed by atoms with Gasteiger partial charge in [-0.25, -0.2) is 0 Å². The number of aliphatic carboxylic acids is 1. The fourth-order valence-corrected chi connectivity index (χ4v) is 4.02. The third-order valence-corrected chi connectivity index (χ3v) is 5.38. The maximum atomic E-state index is 10.5. The summed E-state index contributed by atoms with van der Waals surface area (Å²) in [7, 11) is 0. The Labute approximate surface area is 146 Å². The van der Waals surface area contributed by atoms with Gasteiger partial charge in [0.1, 0.15) is 0 Å². The van der Waals surface area contributed by atoms with Crippen molar-refractivity contribution >= 4 is 5.97 Å². The Kier molecular flexibility index (Phi) is 8.82. The van der Waals surface area contributed by atoms with Gasteiger partial charge in [0.05, 0.1) is 18.8 Å². The zero-order valence-electron chi connectivity index (χ0n) is 15.1. The van der Waals surface area contributed by atoms with Gasteiger partial charge in [-0.2, -0.15) is 0 Å². The van der Waals surface area contributed by atoms with Crippen molar-refractivity contribution in [1.29, 1.82) is 0 Å². The molecule has 0 aromatic rings. The van der Waals surface area contributed by atoms with Crippen LogP contribution in [-0.4, -0.2) is 36.5 Å². The Bertz CT molecular complexity index is 393. The van der Waals surface area contributed by atoms with E-state index in [0.29, 0.717) is 24.0 Å². The minimum absolute atomic E-state index is 0.260. The summed E-state index contributed by atoms with van der Waals surface area (Å²) in [5, 5.41) is 8.64. The lowest BCUT2D eigenvalue weighted by atomic mass is 9.78. The quantitative estimate of drug-likeness (QED) is 0.394. The molecule has 138 valence electrons. The Morgan fingerprint density at radius 3 is 2.67 bits per heavy atom. The van der Waals surface area contributed by atoms with E-state index >= 15 is 0 Å². The largest absolute Gasteiger partial charge is 0.481 e. The van der Waals surface area contributed by atoms with Crippen LogP contribution in [0.5, 0.6) is 0 Å². The molecule has 4 heteroatoms. The summed E-state index contributed by atoms with van der Waals surface area (Å²) >= 11 is 0. The van der Waals surface area contributed by atoms with Gasteiger partial charge in [0, 0.05) is 18.9 Å². The van der Waals surface area contributed by atoms with Crippen LogP contribution in [-0.2, 0) is 14.3 Å². The lowest BCUT2D eigenvalue weighted by Crippen LogP contribution is -2.30. The molecule has 0 aromatic carbocycles. The Hall–Kier alpha value is -0.870. The molecule has 2 rings (SSSR count). The number of fused-ring (bicyclic) bond motifs is 2. The van der Waals surface area contributed by atoms with Crippen molar-refractivity contribution in [3.8, 4) is 0 Å². The van der Waals surface area contributed by atoms with E-state index in [1.165, 1.54) is 38.5 Å². The van der Waals surface area contributed by atoms with Crippen molar-refractivity contribution in [3.05, 3.63) is 12.2 Å². The average Bonchev–Trinajstić information content (AvgIpc) is 3.15. The van der Waals surface area contributed by atoms with E-state index in [-0.39, 0.29) is 6.42 Å². The highest BCUT2D eigenvalue weighted by atomic mass is 16.5. The second-order valence-corrected chi connectivity index (χ2v) is 7.25. The molecule has 2 bridgehead atoms. The Morgan fingerprint density at radius 1 is 1.12 bits per heavy atom. The number of unbranched alkanes of at least 4 members (excludes halogenated alkanes) is 4. The number of carbonyl (C=O) groups is 1. The number of rotatable bonds is 13. The molecule has 24 heavy (non-hydrogen) atoms. The molecular weight excluding hydrogens is 304 g/mol. The highest BCUT2D eigenvalue weighted by molar-refractivity contribution is 5.66. The highest BCUT2D eigenvalue weighted by Crippen LogP contribution is 2.45. The first-order valence-corrected chi connectivity index (χ1v) is 9.82. The van der Waals surface area contributed by atoms with E-state index in [1.54, 1.807) is 0 Å². The molecule has 4 nitrogen and oxygen atoms in total. The molecule has 0 unspecified atom stereocenters. The monoisotopic (exact) mass is 338 g/mol. The maximum absolute atomic E-state index is 10.5. The van der Waals surface area contributed by atoms with Crippen LogP contribution in [0.4, 0.5) is 0 Å². The van der Waals surface area contributed by atoms with Crippen LogP contribution < -0.4 is 0 Å². The second-order valence-electron chi connectivity index (χ2n) is 7.25. The topological polar surface area (TPSA) is 55.8 Å². The van der Waals surface area contributed by atoms with Gasteiger partial charge >= 0.3 is 5.97 Å². The van der Waals surface area contributed by atoms with Crippen LogP contribution in [0.25, 0.3) is 0 Å². The number of allylic oxidation sites excluding steroid dienone is 2. The summed E-state index contributed by atoms with van der Waals surface area (Å²) in [6, 6.07) is 0. The van der Waals surface area contributed by atoms with Crippen LogP contribution in [0.1, 0.15) is 71.1 Å². The van der Waals surface area contributed by atoms with Gasteiger partial charge in [-0.05, 0) is 44.4 Å². The van der Waals surface area contributed by atoms with Gasteiger partial charge in [0.2, 0.25) is 0 Å². The Balaban J connectivity index is 1.65. The molecule has 4 atom stereocenters. The average molecular weight is 338 g/mol. The molecule has 0 amide bonds. The Morgan fingerprint density at radius 2 is 1.92 bits per heavy atom. The molecule has 0 aromatic heterocycles. The number of hydrogen-bond donors (Lipinski definition) is 1. The van der Waals surface area contributed by atoms with E-state index in [0.717, 1.165) is 32.5 Å². The van der Waals surface area contributed by atoms with Crippen molar-refractivity contribution in [1.82, 2.24) is 0 Å². The summed E-state index contributed by atoms with van der Waals surface area (Å²) in [5.41, 5.74) is 0. The van der Waals surface area contributed by atoms with E-state index < -0.39 is 5.97 Å². The van der Waals surface area contributed by atoms with Crippen molar-refractivity contribution in [2.75, 3.05) is 13.2 Å². The zero-order chi connectivity index (χ0) is 17.2. The molecule has 0 saturated carbocycles. The smallest absolute Gasteiger partial charge is 0.303 e. The normalized spacial score (nSPS) is 28.9. The van der Waals surface area contributed by atoms with E-state index in [2.05, 4.69) is 19.1 Å². The zero-order valence-corrected chi connectivity index (χ0v) is 15.1. The molecule has 2 saturated heterocycles. The van der Waals surface area contributed by atoms with Crippen LogP contribution in [0, 0.1) is 11.8 Å². The van der Waals surface area contributed by atoms with Gasteiger partial charge in [0.25, 0.3) is 0 Å². The standard InChI is InChI=1S/C20H34O4/c1-2-3-4-9-14-23-15-17-16(18-12-13-19(17)24-18)10-7-5-6-8-11-20(21)22/h5,7,16-19H,2-4,6,8-15H2,1H3,(H,21,22)/b7-5-/t16-,17-,18+,19-/m1/s1. The van der Waals surface area contributed by atoms with Crippen LogP contribution >= 0.6 is 0 Å². The fourth-order valence-electron chi connectivity index (χ4n) is 4.02. The summed E-state index contributed by atoms with van der Waals surface area (Å²) in [4.78, 5) is 10.5. The number of hydrogen-bond acceptors (Lipinski definition) is 3. The van der Waals surface area contributed by atoms with Gasteiger partial charge in [0.15, 0.2) is 0 Å². The molecule has 0 spiro atoms. The van der Waals surface area contributed by atoms with E-state index in [9.17, 15) is 4.79 Å². The van der Waals surface area contributed by atoms with Gasteiger partial charge in [-0.3, -0.25) is 4.79 Å². The van der Waals surface area contributed by atoms with Crippen molar-refractivity contribution < 1.29 is 19.4 Å².